The van der Waals surface area contributed by atoms with E-state index < -0.39 is 0 Å². The number of guanidine groups is 1. The number of nitrogens with one attached hydrogen (secondary N) is 2. The van der Waals surface area contributed by atoms with Crippen molar-refractivity contribution in [2.75, 3.05) is 40.5 Å². The quantitative estimate of drug-likeness (QED) is 0.274. The van der Waals surface area contributed by atoms with E-state index in [-0.39, 0.29) is 29.8 Å². The van der Waals surface area contributed by atoms with Gasteiger partial charge in [-0.3, -0.25) is 4.99 Å². The highest BCUT2D eigenvalue weighted by Crippen LogP contribution is 2.16. The maximum atomic E-state index is 13.3. The maximum Gasteiger partial charge on any atom is 0.191 e. The Morgan fingerprint density at radius 3 is 2.61 bits per heavy atom. The molecule has 0 fully saturated rings. The molecular formula is C16H28FIN4S. The summed E-state index contributed by atoms with van der Waals surface area (Å²) in [4.78, 5) is 6.37. The van der Waals surface area contributed by atoms with Crippen LogP contribution in [0.1, 0.15) is 17.5 Å². The molecule has 1 rings (SSSR count). The predicted molar refractivity (Wildman–Crippen MR) is 110 cm³/mol. The number of nitrogens with zero attached hydrogens (tertiary/aromatic N) is 2. The number of thioether (sulfide) groups is 1. The molecule has 2 N–H and O–H groups in total. The standard InChI is InChI=1S/C16H27FN4S.HI/c1-18-16(19-8-5-9-21(2)3)20-11-13-6-7-15(17)10-14(13)12-22-4;/h6-7,10H,5,8-9,11-12H2,1-4H3,(H2,18,19,20);1H. The van der Waals surface area contributed by atoms with Gasteiger partial charge in [-0.25, -0.2) is 4.39 Å². The van der Waals surface area contributed by atoms with Crippen LogP contribution in [-0.4, -0.2) is 51.3 Å². The van der Waals surface area contributed by atoms with E-state index in [2.05, 4.69) is 34.6 Å². The summed E-state index contributed by atoms with van der Waals surface area (Å²) < 4.78 is 13.3. The Labute approximate surface area is 160 Å². The average molecular weight is 454 g/mol. The van der Waals surface area contributed by atoms with Crippen LogP contribution in [-0.2, 0) is 12.3 Å². The van der Waals surface area contributed by atoms with Crippen molar-refractivity contribution in [3.63, 3.8) is 0 Å². The maximum absolute atomic E-state index is 13.3. The summed E-state index contributed by atoms with van der Waals surface area (Å²) in [5.41, 5.74) is 2.13. The van der Waals surface area contributed by atoms with Crippen molar-refractivity contribution >= 4 is 41.7 Å². The van der Waals surface area contributed by atoms with Crippen LogP contribution < -0.4 is 10.6 Å². The first kappa shape index (κ1) is 22.5. The molecule has 0 saturated heterocycles. The number of halogens is 2. The summed E-state index contributed by atoms with van der Waals surface area (Å²) in [5, 5.41) is 6.58. The third-order valence-electron chi connectivity index (χ3n) is 3.21. The van der Waals surface area contributed by atoms with Crippen LogP contribution in [0.15, 0.2) is 23.2 Å². The summed E-state index contributed by atoms with van der Waals surface area (Å²) in [6.07, 6.45) is 3.08. The van der Waals surface area contributed by atoms with Crippen LogP contribution >= 0.6 is 35.7 Å². The number of benzene rings is 1. The smallest absolute Gasteiger partial charge is 0.191 e. The first-order chi connectivity index (χ1) is 10.6. The molecule has 4 nitrogen and oxygen atoms in total. The van der Waals surface area contributed by atoms with Crippen LogP contribution in [0.25, 0.3) is 0 Å². The Morgan fingerprint density at radius 2 is 2.00 bits per heavy atom. The Hall–Kier alpha value is -0.540. The Balaban J connectivity index is 0.00000484. The zero-order chi connectivity index (χ0) is 16.4. The molecule has 23 heavy (non-hydrogen) atoms. The molecule has 1 aromatic rings. The van der Waals surface area contributed by atoms with Gasteiger partial charge in [-0.15, -0.1) is 24.0 Å². The van der Waals surface area contributed by atoms with Crippen LogP contribution in [0.3, 0.4) is 0 Å². The van der Waals surface area contributed by atoms with E-state index in [9.17, 15) is 4.39 Å². The van der Waals surface area contributed by atoms with Crippen molar-refractivity contribution in [1.29, 1.82) is 0 Å². The van der Waals surface area contributed by atoms with Crippen molar-refractivity contribution < 1.29 is 4.39 Å². The highest BCUT2D eigenvalue weighted by atomic mass is 127. The van der Waals surface area contributed by atoms with Gasteiger partial charge in [0.15, 0.2) is 5.96 Å². The fourth-order valence-electron chi connectivity index (χ4n) is 2.06. The predicted octanol–water partition coefficient (Wildman–Crippen LogP) is 2.92. The molecule has 0 atom stereocenters. The number of hydrogen-bond donors (Lipinski definition) is 2. The van der Waals surface area contributed by atoms with Crippen molar-refractivity contribution in [2.45, 2.75) is 18.7 Å². The van der Waals surface area contributed by atoms with Gasteiger partial charge in [-0.2, -0.15) is 11.8 Å². The van der Waals surface area contributed by atoms with Crippen molar-refractivity contribution in [3.8, 4) is 0 Å². The SMILES string of the molecule is CN=C(NCCCN(C)C)NCc1ccc(F)cc1CSC.I. The first-order valence-electron chi connectivity index (χ1n) is 7.42. The second-order valence-electron chi connectivity index (χ2n) is 5.36. The number of aliphatic imine (C=N–C) groups is 1. The third-order valence-corrected chi connectivity index (χ3v) is 3.81. The lowest BCUT2D eigenvalue weighted by Crippen LogP contribution is -2.38. The molecule has 1 aromatic carbocycles. The third kappa shape index (κ3) is 9.36. The minimum atomic E-state index is -0.181. The van der Waals surface area contributed by atoms with Crippen molar-refractivity contribution in [2.24, 2.45) is 4.99 Å². The van der Waals surface area contributed by atoms with Gasteiger partial charge in [0.1, 0.15) is 5.82 Å². The molecule has 0 unspecified atom stereocenters. The normalized spacial score (nSPS) is 11.3. The van der Waals surface area contributed by atoms with Gasteiger partial charge >= 0.3 is 0 Å². The van der Waals surface area contributed by atoms with Crippen LogP contribution in [0.5, 0.6) is 0 Å². The van der Waals surface area contributed by atoms with Gasteiger partial charge in [-0.05, 0) is 56.6 Å². The minimum absolute atomic E-state index is 0. The van der Waals surface area contributed by atoms with Gasteiger partial charge < -0.3 is 15.5 Å². The zero-order valence-corrected chi connectivity index (χ0v) is 17.5. The molecule has 0 bridgehead atoms. The summed E-state index contributed by atoms with van der Waals surface area (Å²) >= 11 is 1.69. The summed E-state index contributed by atoms with van der Waals surface area (Å²) in [6, 6.07) is 4.96. The van der Waals surface area contributed by atoms with E-state index >= 15 is 0 Å². The lowest BCUT2D eigenvalue weighted by Gasteiger charge is -2.15. The van der Waals surface area contributed by atoms with Gasteiger partial charge in [0, 0.05) is 25.9 Å². The lowest BCUT2D eigenvalue weighted by molar-refractivity contribution is 0.399. The van der Waals surface area contributed by atoms with Gasteiger partial charge in [0.25, 0.3) is 0 Å². The molecule has 0 aliphatic heterocycles. The molecule has 0 aliphatic rings. The molecule has 0 heterocycles. The molecule has 0 saturated carbocycles. The fraction of sp³-hybridized carbons (Fsp3) is 0.562. The van der Waals surface area contributed by atoms with E-state index in [1.165, 1.54) is 6.07 Å². The highest BCUT2D eigenvalue weighted by Gasteiger charge is 2.05. The Kier molecular flexibility index (Phi) is 12.5. The zero-order valence-electron chi connectivity index (χ0n) is 14.4. The molecule has 0 amide bonds. The molecular weight excluding hydrogens is 426 g/mol. The molecule has 7 heteroatoms. The summed E-state index contributed by atoms with van der Waals surface area (Å²) in [6.45, 7) is 2.56. The number of hydrogen-bond acceptors (Lipinski definition) is 3. The van der Waals surface area contributed by atoms with Crippen LogP contribution in [0.2, 0.25) is 0 Å². The molecule has 0 aromatic heterocycles. The van der Waals surface area contributed by atoms with Gasteiger partial charge in [-0.1, -0.05) is 6.07 Å². The monoisotopic (exact) mass is 454 g/mol. The van der Waals surface area contributed by atoms with Crippen molar-refractivity contribution in [1.82, 2.24) is 15.5 Å². The molecule has 0 spiro atoms. The summed E-state index contributed by atoms with van der Waals surface area (Å²) in [7, 11) is 5.89. The van der Waals surface area contributed by atoms with Gasteiger partial charge in [0.05, 0.1) is 0 Å². The first-order valence-corrected chi connectivity index (χ1v) is 8.81. The second kappa shape index (κ2) is 12.8. The fourth-order valence-corrected chi connectivity index (χ4v) is 2.64. The van der Waals surface area contributed by atoms with Crippen LogP contribution in [0.4, 0.5) is 4.39 Å². The topological polar surface area (TPSA) is 39.7 Å². The van der Waals surface area contributed by atoms with E-state index in [1.807, 2.05) is 12.3 Å². The van der Waals surface area contributed by atoms with Crippen molar-refractivity contribution in [3.05, 3.63) is 35.1 Å². The summed E-state index contributed by atoms with van der Waals surface area (Å²) in [5.74, 6) is 1.40. The average Bonchev–Trinajstić information content (AvgIpc) is 2.48. The lowest BCUT2D eigenvalue weighted by atomic mass is 10.1. The van der Waals surface area contributed by atoms with Gasteiger partial charge in [0.2, 0.25) is 0 Å². The largest absolute Gasteiger partial charge is 0.356 e. The minimum Gasteiger partial charge on any atom is -0.356 e. The van der Waals surface area contributed by atoms with E-state index in [4.69, 9.17) is 0 Å². The Morgan fingerprint density at radius 1 is 1.26 bits per heavy atom. The van der Waals surface area contributed by atoms with E-state index in [0.717, 1.165) is 42.3 Å². The highest BCUT2D eigenvalue weighted by molar-refractivity contribution is 14.0. The van der Waals surface area contributed by atoms with E-state index in [0.29, 0.717) is 6.54 Å². The Bertz CT molecular complexity index is 483. The second-order valence-corrected chi connectivity index (χ2v) is 6.22. The molecule has 0 aliphatic carbocycles. The van der Waals surface area contributed by atoms with Crippen LogP contribution in [0, 0.1) is 5.82 Å². The number of rotatable bonds is 8. The molecule has 132 valence electrons. The van der Waals surface area contributed by atoms with E-state index in [1.54, 1.807) is 24.9 Å². The molecule has 0 radical (unpaired) electrons.